The van der Waals surface area contributed by atoms with Crippen LogP contribution in [-0.2, 0) is 12.8 Å². The van der Waals surface area contributed by atoms with Crippen LogP contribution in [0.3, 0.4) is 0 Å². The normalized spacial score (nSPS) is 17.0. The maximum Gasteiger partial charge on any atom is 0.160 e. The quantitative estimate of drug-likeness (QED) is 0.814. The van der Waals surface area contributed by atoms with Crippen LogP contribution in [0.25, 0.3) is 0 Å². The predicted octanol–water partition coefficient (Wildman–Crippen LogP) is 3.74. The Bertz CT molecular complexity index is 757. The molecule has 0 radical (unpaired) electrons. The van der Waals surface area contributed by atoms with Crippen LogP contribution in [-0.4, -0.2) is 37.3 Å². The van der Waals surface area contributed by atoms with E-state index in [9.17, 15) is 5.11 Å². The molecule has 4 heteroatoms. The third-order valence-electron chi connectivity index (χ3n) is 4.85. The Morgan fingerprint density at radius 2 is 2.04 bits per heavy atom. The lowest BCUT2D eigenvalue weighted by molar-refractivity contribution is 0.204. The second-order valence-electron chi connectivity index (χ2n) is 6.32. The molecule has 132 valence electrons. The molecule has 1 heterocycles. The van der Waals surface area contributed by atoms with Crippen molar-refractivity contribution >= 4 is 0 Å². The Kier molecular flexibility index (Phi) is 5.29. The number of hydrogen-bond acceptors (Lipinski definition) is 4. The van der Waals surface area contributed by atoms with Crippen molar-refractivity contribution in [3.8, 4) is 17.2 Å². The minimum atomic E-state index is 0.182. The van der Waals surface area contributed by atoms with Crippen LogP contribution in [0.5, 0.6) is 17.2 Å². The Balaban J connectivity index is 1.93. The zero-order chi connectivity index (χ0) is 17.8. The van der Waals surface area contributed by atoms with E-state index in [0.717, 1.165) is 37.2 Å². The van der Waals surface area contributed by atoms with Crippen LogP contribution in [0.2, 0.25) is 0 Å². The van der Waals surface area contributed by atoms with E-state index in [1.165, 1.54) is 11.1 Å². The molecule has 2 aromatic carbocycles. The highest BCUT2D eigenvalue weighted by atomic mass is 16.5. The Morgan fingerprint density at radius 1 is 1.20 bits per heavy atom. The van der Waals surface area contributed by atoms with Crippen LogP contribution in [0.4, 0.5) is 0 Å². The topological polar surface area (TPSA) is 41.9 Å². The first-order valence-electron chi connectivity index (χ1n) is 8.54. The third-order valence-corrected chi connectivity index (χ3v) is 4.85. The molecular weight excluding hydrogens is 314 g/mol. The van der Waals surface area contributed by atoms with Crippen molar-refractivity contribution in [2.24, 2.45) is 0 Å². The smallest absolute Gasteiger partial charge is 0.160 e. The van der Waals surface area contributed by atoms with Crippen molar-refractivity contribution in [2.75, 3.05) is 27.3 Å². The highest BCUT2D eigenvalue weighted by Gasteiger charge is 2.27. The Morgan fingerprint density at radius 3 is 2.72 bits per heavy atom. The average molecular weight is 339 g/mol. The van der Waals surface area contributed by atoms with Crippen molar-refractivity contribution < 1.29 is 14.6 Å². The summed E-state index contributed by atoms with van der Waals surface area (Å²) in [6, 6.07) is 12.2. The van der Waals surface area contributed by atoms with Crippen molar-refractivity contribution in [2.45, 2.75) is 18.9 Å². The molecule has 0 saturated heterocycles. The number of nitrogens with zero attached hydrogens (tertiary/aromatic N) is 1. The van der Waals surface area contributed by atoms with Crippen LogP contribution < -0.4 is 9.47 Å². The summed E-state index contributed by atoms with van der Waals surface area (Å²) in [6.45, 7) is 5.73. The van der Waals surface area contributed by atoms with Gasteiger partial charge in [-0.15, -0.1) is 6.58 Å². The van der Waals surface area contributed by atoms with Gasteiger partial charge in [-0.25, -0.2) is 0 Å². The van der Waals surface area contributed by atoms with Crippen LogP contribution >= 0.6 is 0 Å². The Labute approximate surface area is 149 Å². The lowest BCUT2D eigenvalue weighted by Gasteiger charge is -2.37. The molecule has 0 spiro atoms. The fourth-order valence-electron chi connectivity index (χ4n) is 3.58. The molecule has 3 rings (SSSR count). The zero-order valence-electron chi connectivity index (χ0n) is 14.9. The zero-order valence-corrected chi connectivity index (χ0v) is 14.9. The van der Waals surface area contributed by atoms with Crippen LogP contribution in [0.1, 0.15) is 22.7 Å². The number of methoxy groups -OCH3 is 2. The molecule has 0 unspecified atom stereocenters. The van der Waals surface area contributed by atoms with Gasteiger partial charge in [-0.05, 0) is 53.8 Å². The van der Waals surface area contributed by atoms with E-state index >= 15 is 0 Å². The van der Waals surface area contributed by atoms with Crippen molar-refractivity contribution in [3.05, 3.63) is 65.7 Å². The van der Waals surface area contributed by atoms with Gasteiger partial charge in [0.1, 0.15) is 5.75 Å². The van der Waals surface area contributed by atoms with Crippen LogP contribution in [0, 0.1) is 0 Å². The highest BCUT2D eigenvalue weighted by Crippen LogP contribution is 2.36. The first-order chi connectivity index (χ1) is 12.2. The second kappa shape index (κ2) is 7.62. The van der Waals surface area contributed by atoms with Gasteiger partial charge in [0.25, 0.3) is 0 Å². The monoisotopic (exact) mass is 339 g/mol. The summed E-state index contributed by atoms with van der Waals surface area (Å²) in [6.07, 6.45) is 3.78. The maximum absolute atomic E-state index is 10.1. The number of phenols is 1. The number of ether oxygens (including phenoxy) is 2. The molecule has 0 aromatic heterocycles. The molecule has 0 amide bonds. The number of phenolic OH excluding ortho intramolecular Hbond substituents is 1. The van der Waals surface area contributed by atoms with Crippen molar-refractivity contribution in [3.63, 3.8) is 0 Å². The second-order valence-corrected chi connectivity index (χ2v) is 6.32. The number of benzene rings is 2. The van der Waals surface area contributed by atoms with Gasteiger partial charge in [0, 0.05) is 19.1 Å². The minimum absolute atomic E-state index is 0.182. The molecule has 2 aromatic rings. The van der Waals surface area contributed by atoms with Gasteiger partial charge in [0.05, 0.1) is 14.2 Å². The molecule has 4 nitrogen and oxygen atoms in total. The first-order valence-corrected chi connectivity index (χ1v) is 8.54. The number of aromatic hydroxyl groups is 1. The molecule has 1 N–H and O–H groups in total. The van der Waals surface area contributed by atoms with Crippen LogP contribution in [0.15, 0.2) is 49.1 Å². The van der Waals surface area contributed by atoms with Gasteiger partial charge >= 0.3 is 0 Å². The van der Waals surface area contributed by atoms with E-state index in [1.807, 2.05) is 24.3 Å². The largest absolute Gasteiger partial charge is 0.504 e. The van der Waals surface area contributed by atoms with E-state index in [4.69, 9.17) is 9.47 Å². The summed E-state index contributed by atoms with van der Waals surface area (Å²) in [7, 11) is 3.26. The summed E-state index contributed by atoms with van der Waals surface area (Å²) < 4.78 is 10.5. The highest BCUT2D eigenvalue weighted by molar-refractivity contribution is 5.44. The summed E-state index contributed by atoms with van der Waals surface area (Å²) in [5.41, 5.74) is 3.74. The van der Waals surface area contributed by atoms with Gasteiger partial charge in [-0.1, -0.05) is 18.2 Å². The van der Waals surface area contributed by atoms with E-state index in [2.05, 4.69) is 23.6 Å². The van der Waals surface area contributed by atoms with E-state index < -0.39 is 0 Å². The molecular formula is C21H25NO3. The molecule has 0 fully saturated rings. The first kappa shape index (κ1) is 17.4. The van der Waals surface area contributed by atoms with Crippen molar-refractivity contribution in [1.29, 1.82) is 0 Å². The van der Waals surface area contributed by atoms with E-state index in [1.54, 1.807) is 20.3 Å². The number of fused-ring (bicyclic) bond motifs is 1. The molecule has 0 bridgehead atoms. The van der Waals surface area contributed by atoms with E-state index in [0.29, 0.717) is 5.75 Å². The SMILES string of the molecule is C=CCN1CCc2cc(OC)ccc2[C@H]1Cc1ccc(OC)c(O)c1. The lowest BCUT2D eigenvalue weighted by Crippen LogP contribution is -2.36. The molecule has 1 aliphatic heterocycles. The van der Waals surface area contributed by atoms with Gasteiger partial charge in [0.2, 0.25) is 0 Å². The molecule has 0 aliphatic carbocycles. The standard InChI is InChI=1S/C21H25NO3/c1-4-10-22-11-9-16-14-17(24-2)6-7-18(16)19(22)12-15-5-8-21(25-3)20(23)13-15/h4-8,13-14,19,23H,1,9-12H2,2-3H3/t19-/m1/s1. The molecule has 25 heavy (non-hydrogen) atoms. The summed E-state index contributed by atoms with van der Waals surface area (Å²) in [5, 5.41) is 10.1. The molecule has 1 aliphatic rings. The molecule has 1 atom stereocenters. The summed E-state index contributed by atoms with van der Waals surface area (Å²) >= 11 is 0. The fourth-order valence-corrected chi connectivity index (χ4v) is 3.58. The minimum Gasteiger partial charge on any atom is -0.504 e. The lowest BCUT2D eigenvalue weighted by atomic mass is 9.88. The number of rotatable bonds is 6. The van der Waals surface area contributed by atoms with Gasteiger partial charge < -0.3 is 14.6 Å². The van der Waals surface area contributed by atoms with E-state index in [-0.39, 0.29) is 11.8 Å². The summed E-state index contributed by atoms with van der Waals surface area (Å²) in [5.74, 6) is 1.58. The predicted molar refractivity (Wildman–Crippen MR) is 99.6 cm³/mol. The Hall–Kier alpha value is -2.46. The van der Waals surface area contributed by atoms with Crippen molar-refractivity contribution in [1.82, 2.24) is 4.90 Å². The maximum atomic E-state index is 10.1. The van der Waals surface area contributed by atoms with Gasteiger partial charge in [0.15, 0.2) is 11.5 Å². The van der Waals surface area contributed by atoms with Gasteiger partial charge in [-0.2, -0.15) is 0 Å². The number of hydrogen-bond donors (Lipinski definition) is 1. The molecule has 0 saturated carbocycles. The third kappa shape index (κ3) is 3.64. The summed E-state index contributed by atoms with van der Waals surface area (Å²) in [4.78, 5) is 2.43. The van der Waals surface area contributed by atoms with Gasteiger partial charge in [-0.3, -0.25) is 4.90 Å². The average Bonchev–Trinajstić information content (AvgIpc) is 2.63. The fraction of sp³-hybridized carbons (Fsp3) is 0.333.